The lowest BCUT2D eigenvalue weighted by Gasteiger charge is -2.21. The van der Waals surface area contributed by atoms with Crippen LogP contribution in [0.3, 0.4) is 0 Å². The fraction of sp³-hybridized carbons (Fsp3) is 0. The second-order valence-corrected chi connectivity index (χ2v) is 10.8. The van der Waals surface area contributed by atoms with Crippen LogP contribution in [0.2, 0.25) is 0 Å². The van der Waals surface area contributed by atoms with Crippen LogP contribution in [-0.2, 0) is 0 Å². The van der Waals surface area contributed by atoms with E-state index in [1.165, 1.54) is 60.8 Å². The van der Waals surface area contributed by atoms with E-state index in [0.717, 1.165) is 16.7 Å². The lowest BCUT2D eigenvalue weighted by atomic mass is 9.82. The fourth-order valence-corrected chi connectivity index (χ4v) is 6.58. The molecule has 0 fully saturated rings. The van der Waals surface area contributed by atoms with Crippen LogP contribution in [0.4, 0.5) is 0 Å². The van der Waals surface area contributed by atoms with Crippen molar-refractivity contribution in [3.05, 3.63) is 157 Å². The first-order chi connectivity index (χ1) is 20.8. The highest BCUT2D eigenvalue weighted by atomic mass is 14.3. The van der Waals surface area contributed by atoms with Crippen LogP contribution in [0.5, 0.6) is 0 Å². The molecule has 0 N–H and O–H groups in total. The standard InChI is InChI=1S/C41H25N/c42-26-27-10-7-17-33(24-27)28-20-22-30(23-21-28)36-25-37(29-11-3-1-4-12-29)40-34-18-8-15-31-16-9-19-35(38(31)34)41(40)39(36)32-13-5-2-6-14-32/h1-25H. The summed E-state index contributed by atoms with van der Waals surface area (Å²) in [5, 5.41) is 12.0. The summed E-state index contributed by atoms with van der Waals surface area (Å²) in [6, 6.07) is 56.2. The molecule has 7 aromatic rings. The Morgan fingerprint density at radius 3 is 1.60 bits per heavy atom. The average molecular weight is 532 g/mol. The van der Waals surface area contributed by atoms with E-state index in [0.29, 0.717) is 5.56 Å². The maximum absolute atomic E-state index is 9.41. The van der Waals surface area contributed by atoms with E-state index in [1.54, 1.807) is 0 Å². The normalized spacial score (nSPS) is 11.3. The highest BCUT2D eigenvalue weighted by Gasteiger charge is 2.29. The first kappa shape index (κ1) is 24.1. The molecule has 42 heavy (non-hydrogen) atoms. The molecule has 1 nitrogen and oxygen atoms in total. The van der Waals surface area contributed by atoms with Gasteiger partial charge in [0.05, 0.1) is 11.6 Å². The third-order valence-corrected chi connectivity index (χ3v) is 8.44. The van der Waals surface area contributed by atoms with Crippen LogP contribution >= 0.6 is 0 Å². The number of fused-ring (bicyclic) bond motifs is 3. The molecule has 7 aromatic carbocycles. The predicted molar refractivity (Wildman–Crippen MR) is 175 cm³/mol. The smallest absolute Gasteiger partial charge is 0.0991 e. The molecular weight excluding hydrogens is 506 g/mol. The van der Waals surface area contributed by atoms with E-state index in [9.17, 15) is 5.26 Å². The predicted octanol–water partition coefficient (Wildman–Crippen LogP) is 11.0. The second kappa shape index (κ2) is 9.73. The molecule has 0 amide bonds. The molecule has 0 aromatic heterocycles. The molecule has 1 heteroatoms. The van der Waals surface area contributed by atoms with Gasteiger partial charge in [-0.3, -0.25) is 0 Å². The van der Waals surface area contributed by atoms with Crippen molar-refractivity contribution in [1.29, 1.82) is 5.26 Å². The van der Waals surface area contributed by atoms with Gasteiger partial charge in [-0.1, -0.05) is 133 Å². The maximum atomic E-state index is 9.41. The van der Waals surface area contributed by atoms with E-state index >= 15 is 0 Å². The van der Waals surface area contributed by atoms with Crippen LogP contribution < -0.4 is 0 Å². The molecule has 0 aliphatic heterocycles. The number of hydrogen-bond donors (Lipinski definition) is 0. The minimum atomic E-state index is 0.669. The van der Waals surface area contributed by atoms with Crippen molar-refractivity contribution in [3.63, 3.8) is 0 Å². The Labute approximate surface area is 245 Å². The molecule has 8 rings (SSSR count). The Bertz CT molecular complexity index is 2160. The topological polar surface area (TPSA) is 23.8 Å². The zero-order valence-electron chi connectivity index (χ0n) is 22.9. The minimum Gasteiger partial charge on any atom is -0.192 e. The second-order valence-electron chi connectivity index (χ2n) is 10.8. The zero-order chi connectivity index (χ0) is 28.0. The molecular formula is C41H25N. The van der Waals surface area contributed by atoms with E-state index in [2.05, 4.69) is 140 Å². The zero-order valence-corrected chi connectivity index (χ0v) is 22.9. The third-order valence-electron chi connectivity index (χ3n) is 8.44. The number of nitriles is 1. The summed E-state index contributed by atoms with van der Waals surface area (Å²) < 4.78 is 0. The van der Waals surface area contributed by atoms with Gasteiger partial charge in [0.25, 0.3) is 0 Å². The summed E-state index contributed by atoms with van der Waals surface area (Å²) in [6.07, 6.45) is 0. The molecule has 0 radical (unpaired) electrons. The summed E-state index contributed by atoms with van der Waals surface area (Å²) in [7, 11) is 0. The van der Waals surface area contributed by atoms with Crippen molar-refractivity contribution in [2.24, 2.45) is 0 Å². The quantitative estimate of drug-likeness (QED) is 0.222. The Balaban J connectivity index is 1.44. The largest absolute Gasteiger partial charge is 0.192 e. The van der Waals surface area contributed by atoms with E-state index in [-0.39, 0.29) is 0 Å². The van der Waals surface area contributed by atoms with Crippen LogP contribution in [0.15, 0.2) is 152 Å². The van der Waals surface area contributed by atoms with Crippen LogP contribution in [0, 0.1) is 11.3 Å². The molecule has 0 saturated carbocycles. The van der Waals surface area contributed by atoms with Gasteiger partial charge >= 0.3 is 0 Å². The molecule has 194 valence electrons. The van der Waals surface area contributed by atoms with Crippen molar-refractivity contribution < 1.29 is 0 Å². The molecule has 0 atom stereocenters. The molecule has 0 bridgehead atoms. The molecule has 1 aliphatic carbocycles. The Morgan fingerprint density at radius 1 is 0.357 bits per heavy atom. The Morgan fingerprint density at radius 2 is 0.905 bits per heavy atom. The van der Waals surface area contributed by atoms with E-state index in [4.69, 9.17) is 0 Å². The van der Waals surface area contributed by atoms with E-state index in [1.807, 2.05) is 18.2 Å². The fourth-order valence-electron chi connectivity index (χ4n) is 6.58. The average Bonchev–Trinajstić information content (AvgIpc) is 3.41. The number of benzene rings is 7. The minimum absolute atomic E-state index is 0.669. The molecule has 0 saturated heterocycles. The molecule has 0 unspecified atom stereocenters. The van der Waals surface area contributed by atoms with Gasteiger partial charge in [-0.05, 0) is 95.7 Å². The number of hydrogen-bond acceptors (Lipinski definition) is 1. The van der Waals surface area contributed by atoms with Gasteiger partial charge in [-0.25, -0.2) is 0 Å². The number of nitrogens with zero attached hydrogens (tertiary/aromatic N) is 1. The highest BCUT2D eigenvalue weighted by Crippen LogP contribution is 2.57. The van der Waals surface area contributed by atoms with Crippen molar-refractivity contribution in [1.82, 2.24) is 0 Å². The van der Waals surface area contributed by atoms with Gasteiger partial charge in [0, 0.05) is 0 Å². The maximum Gasteiger partial charge on any atom is 0.0991 e. The van der Waals surface area contributed by atoms with Crippen LogP contribution in [0.25, 0.3) is 77.5 Å². The molecule has 1 aliphatic rings. The van der Waals surface area contributed by atoms with E-state index < -0.39 is 0 Å². The summed E-state index contributed by atoms with van der Waals surface area (Å²) in [6.45, 7) is 0. The summed E-state index contributed by atoms with van der Waals surface area (Å²) >= 11 is 0. The first-order valence-electron chi connectivity index (χ1n) is 14.3. The summed E-state index contributed by atoms with van der Waals surface area (Å²) in [4.78, 5) is 0. The Hall–Kier alpha value is -5.71. The van der Waals surface area contributed by atoms with Crippen molar-refractivity contribution in [2.45, 2.75) is 0 Å². The monoisotopic (exact) mass is 531 g/mol. The van der Waals surface area contributed by atoms with Gasteiger partial charge in [-0.2, -0.15) is 5.26 Å². The lowest BCUT2D eigenvalue weighted by Crippen LogP contribution is -1.94. The molecule has 0 spiro atoms. The first-order valence-corrected chi connectivity index (χ1v) is 14.3. The SMILES string of the molecule is N#Cc1cccc(-c2ccc(-c3cc(-c4ccccc4)c4c(c3-c3ccccc3)-c3cccc5cccc-4c35)cc2)c1. The van der Waals surface area contributed by atoms with Gasteiger partial charge < -0.3 is 0 Å². The van der Waals surface area contributed by atoms with Crippen molar-refractivity contribution in [2.75, 3.05) is 0 Å². The van der Waals surface area contributed by atoms with Crippen molar-refractivity contribution in [3.8, 4) is 72.8 Å². The number of rotatable bonds is 4. The lowest BCUT2D eigenvalue weighted by molar-refractivity contribution is 1.48. The van der Waals surface area contributed by atoms with Gasteiger partial charge in [-0.15, -0.1) is 0 Å². The summed E-state index contributed by atoms with van der Waals surface area (Å²) in [5.74, 6) is 0. The highest BCUT2D eigenvalue weighted by molar-refractivity contribution is 6.22. The third kappa shape index (κ3) is 3.78. The van der Waals surface area contributed by atoms with Gasteiger partial charge in [0.15, 0.2) is 0 Å². The van der Waals surface area contributed by atoms with Crippen molar-refractivity contribution >= 4 is 10.8 Å². The van der Waals surface area contributed by atoms with Gasteiger partial charge in [0.1, 0.15) is 0 Å². The Kier molecular flexibility index (Phi) is 5.59. The van der Waals surface area contributed by atoms with Gasteiger partial charge in [0.2, 0.25) is 0 Å². The molecule has 0 heterocycles. The van der Waals surface area contributed by atoms with Crippen LogP contribution in [-0.4, -0.2) is 0 Å². The summed E-state index contributed by atoms with van der Waals surface area (Å²) in [5.41, 5.74) is 15.3. The van der Waals surface area contributed by atoms with Crippen LogP contribution in [0.1, 0.15) is 5.56 Å².